The zero-order valence-corrected chi connectivity index (χ0v) is 25.2. The van der Waals surface area contributed by atoms with Crippen molar-refractivity contribution in [3.63, 3.8) is 0 Å². The molecule has 0 spiro atoms. The van der Waals surface area contributed by atoms with E-state index in [2.05, 4.69) is 69.4 Å². The smallest absolute Gasteiger partial charge is 0.323 e. The molecule has 6 nitrogen and oxygen atoms in total. The number of carbonyl (C=O) groups is 2. The molecule has 0 bridgehead atoms. The van der Waals surface area contributed by atoms with Gasteiger partial charge in [-0.3, -0.25) is 9.69 Å². The predicted octanol–water partition coefficient (Wildman–Crippen LogP) is 8.33. The van der Waals surface area contributed by atoms with Crippen LogP contribution in [0.15, 0.2) is 127 Å². The van der Waals surface area contributed by atoms with Gasteiger partial charge in [-0.2, -0.15) is 0 Å². The van der Waals surface area contributed by atoms with Gasteiger partial charge in [0.15, 0.2) is 0 Å². The summed E-state index contributed by atoms with van der Waals surface area (Å²) in [5.41, 5.74) is 9.13. The molecule has 222 valence electrons. The number of hydrogen-bond acceptors (Lipinski definition) is 3. The summed E-state index contributed by atoms with van der Waals surface area (Å²) in [7, 11) is 0. The summed E-state index contributed by atoms with van der Waals surface area (Å²) in [6.45, 7) is 6.33. The molecule has 0 heterocycles. The molecule has 0 fully saturated rings. The molecule has 44 heavy (non-hydrogen) atoms. The van der Waals surface area contributed by atoms with E-state index in [1.54, 1.807) is 0 Å². The van der Waals surface area contributed by atoms with Crippen molar-refractivity contribution in [2.45, 2.75) is 39.9 Å². The van der Waals surface area contributed by atoms with Crippen molar-refractivity contribution in [3.8, 4) is 0 Å². The molecule has 5 aromatic carbocycles. The van der Waals surface area contributed by atoms with Crippen LogP contribution in [0.25, 0.3) is 0 Å². The minimum absolute atomic E-state index is 0.0297. The summed E-state index contributed by atoms with van der Waals surface area (Å²) >= 11 is 0. The third-order valence-electron chi connectivity index (χ3n) is 7.31. The van der Waals surface area contributed by atoms with E-state index in [1.807, 2.05) is 92.7 Å². The molecule has 0 radical (unpaired) electrons. The van der Waals surface area contributed by atoms with Crippen LogP contribution in [0.4, 0.5) is 21.9 Å². The fourth-order valence-electron chi connectivity index (χ4n) is 4.94. The number of nitrogens with one attached hydrogen (secondary N) is 3. The van der Waals surface area contributed by atoms with E-state index in [0.29, 0.717) is 6.42 Å². The molecule has 0 aliphatic heterocycles. The minimum Gasteiger partial charge on any atom is -0.326 e. The first-order chi connectivity index (χ1) is 21.4. The molecule has 5 aromatic rings. The van der Waals surface area contributed by atoms with Gasteiger partial charge in [0, 0.05) is 36.7 Å². The second kappa shape index (κ2) is 14.8. The van der Waals surface area contributed by atoms with Crippen LogP contribution in [0.1, 0.15) is 33.4 Å². The predicted molar refractivity (Wildman–Crippen MR) is 180 cm³/mol. The zero-order chi connectivity index (χ0) is 30.7. The highest BCUT2D eigenvalue weighted by molar-refractivity contribution is 5.99. The van der Waals surface area contributed by atoms with Crippen molar-refractivity contribution in [1.82, 2.24) is 4.90 Å². The Bertz CT molecular complexity index is 1540. The molecule has 0 aromatic heterocycles. The number of benzene rings is 5. The van der Waals surface area contributed by atoms with Gasteiger partial charge in [-0.25, -0.2) is 4.79 Å². The molecule has 6 heteroatoms. The molecule has 5 rings (SSSR count). The number of carbonyl (C=O) groups excluding carboxylic acids is 2. The Morgan fingerprint density at radius 1 is 0.477 bits per heavy atom. The van der Waals surface area contributed by atoms with Crippen LogP contribution in [-0.2, 0) is 30.8 Å². The van der Waals surface area contributed by atoms with E-state index in [0.717, 1.165) is 59.0 Å². The number of amides is 3. The van der Waals surface area contributed by atoms with E-state index in [1.165, 1.54) is 11.1 Å². The Balaban J connectivity index is 1.19. The van der Waals surface area contributed by atoms with Gasteiger partial charge >= 0.3 is 6.03 Å². The van der Waals surface area contributed by atoms with Gasteiger partial charge in [-0.05, 0) is 72.5 Å². The van der Waals surface area contributed by atoms with Gasteiger partial charge in [-0.1, -0.05) is 102 Å². The Morgan fingerprint density at radius 2 is 0.864 bits per heavy atom. The van der Waals surface area contributed by atoms with Crippen LogP contribution in [0.3, 0.4) is 0 Å². The first-order valence-corrected chi connectivity index (χ1v) is 14.8. The quantitative estimate of drug-likeness (QED) is 0.147. The van der Waals surface area contributed by atoms with E-state index in [9.17, 15) is 9.59 Å². The van der Waals surface area contributed by atoms with Crippen LogP contribution < -0.4 is 16.0 Å². The van der Waals surface area contributed by atoms with E-state index in [-0.39, 0.29) is 11.9 Å². The third kappa shape index (κ3) is 9.41. The fraction of sp³-hybridized carbons (Fsp3) is 0.158. The maximum absolute atomic E-state index is 12.6. The lowest BCUT2D eigenvalue weighted by Crippen LogP contribution is -2.22. The highest BCUT2D eigenvalue weighted by Gasteiger charge is 2.11. The molecule has 0 aliphatic carbocycles. The number of hydrogen-bond donors (Lipinski definition) is 3. The number of urea groups is 1. The summed E-state index contributed by atoms with van der Waals surface area (Å²) in [5, 5.41) is 8.74. The lowest BCUT2D eigenvalue weighted by Gasteiger charge is -2.23. The van der Waals surface area contributed by atoms with Crippen molar-refractivity contribution in [2.24, 2.45) is 0 Å². The number of anilines is 3. The van der Waals surface area contributed by atoms with Crippen LogP contribution in [0.2, 0.25) is 0 Å². The average Bonchev–Trinajstić information content (AvgIpc) is 3.02. The molecule has 3 amide bonds. The second-order valence-electron chi connectivity index (χ2n) is 11.2. The Hall–Kier alpha value is -5.20. The van der Waals surface area contributed by atoms with Gasteiger partial charge in [-0.15, -0.1) is 0 Å². The number of rotatable bonds is 11. The van der Waals surface area contributed by atoms with Gasteiger partial charge in [0.25, 0.3) is 0 Å². The van der Waals surface area contributed by atoms with E-state index < -0.39 is 0 Å². The maximum atomic E-state index is 12.6. The Morgan fingerprint density at radius 3 is 1.36 bits per heavy atom. The van der Waals surface area contributed by atoms with Crippen molar-refractivity contribution in [3.05, 3.63) is 161 Å². The van der Waals surface area contributed by atoms with Gasteiger partial charge in [0.2, 0.25) is 5.91 Å². The Labute approximate surface area is 259 Å². The summed E-state index contributed by atoms with van der Waals surface area (Å²) in [5.74, 6) is -0.0297. The summed E-state index contributed by atoms with van der Waals surface area (Å²) in [6, 6.07) is 41.9. The average molecular weight is 583 g/mol. The first kappa shape index (κ1) is 30.3. The van der Waals surface area contributed by atoms with Gasteiger partial charge in [0.1, 0.15) is 0 Å². The van der Waals surface area contributed by atoms with Crippen LogP contribution in [0, 0.1) is 13.8 Å². The monoisotopic (exact) mass is 582 g/mol. The van der Waals surface area contributed by atoms with Gasteiger partial charge in [0.05, 0.1) is 6.42 Å². The van der Waals surface area contributed by atoms with Crippen LogP contribution in [0.5, 0.6) is 0 Å². The first-order valence-electron chi connectivity index (χ1n) is 14.8. The summed E-state index contributed by atoms with van der Waals surface area (Å²) in [4.78, 5) is 27.4. The topological polar surface area (TPSA) is 73.5 Å². The minimum atomic E-state index is -0.275. The highest BCUT2D eigenvalue weighted by atomic mass is 16.2. The largest absolute Gasteiger partial charge is 0.326 e. The Kier molecular flexibility index (Phi) is 10.2. The molecule has 0 atom stereocenters. The van der Waals surface area contributed by atoms with Crippen LogP contribution in [-0.4, -0.2) is 16.8 Å². The fourth-order valence-corrected chi connectivity index (χ4v) is 4.94. The lowest BCUT2D eigenvalue weighted by atomic mass is 10.1. The van der Waals surface area contributed by atoms with Crippen LogP contribution >= 0.6 is 0 Å². The van der Waals surface area contributed by atoms with Crippen molar-refractivity contribution in [2.75, 3.05) is 16.0 Å². The normalized spacial score (nSPS) is 10.8. The standard InChI is InChI=1S/C38H38N4O2/c1-28-8-18-34(19-9-28)39-37(43)24-30-12-14-32(15-13-30)26-42(25-31-6-4-3-5-7-31)27-33-16-22-36(23-17-33)41-38(44)40-35-20-10-29(2)11-21-35/h3-23H,24-27H2,1-2H3,(H,39,43)(H2,40,41,44). The van der Waals surface area contributed by atoms with Crippen molar-refractivity contribution < 1.29 is 9.59 Å². The van der Waals surface area contributed by atoms with Crippen molar-refractivity contribution in [1.29, 1.82) is 0 Å². The van der Waals surface area contributed by atoms with E-state index >= 15 is 0 Å². The molecular formula is C38H38N4O2. The molecule has 0 aliphatic rings. The van der Waals surface area contributed by atoms with Gasteiger partial charge < -0.3 is 16.0 Å². The molecular weight excluding hydrogens is 544 g/mol. The highest BCUT2D eigenvalue weighted by Crippen LogP contribution is 2.18. The third-order valence-corrected chi connectivity index (χ3v) is 7.31. The molecule has 3 N–H and O–H groups in total. The lowest BCUT2D eigenvalue weighted by molar-refractivity contribution is -0.115. The maximum Gasteiger partial charge on any atom is 0.323 e. The zero-order valence-electron chi connectivity index (χ0n) is 25.2. The van der Waals surface area contributed by atoms with Crippen molar-refractivity contribution >= 4 is 29.0 Å². The number of nitrogens with zero attached hydrogens (tertiary/aromatic N) is 1. The molecule has 0 saturated carbocycles. The second-order valence-corrected chi connectivity index (χ2v) is 11.2. The summed E-state index contributed by atoms with van der Waals surface area (Å²) < 4.78 is 0. The molecule has 0 saturated heterocycles. The van der Waals surface area contributed by atoms with E-state index in [4.69, 9.17) is 0 Å². The number of aryl methyl sites for hydroxylation is 2. The summed E-state index contributed by atoms with van der Waals surface area (Å²) in [6.07, 6.45) is 0.325. The molecule has 0 unspecified atom stereocenters. The SMILES string of the molecule is Cc1ccc(NC(=O)Cc2ccc(CN(Cc3ccccc3)Cc3ccc(NC(=O)Nc4ccc(C)cc4)cc3)cc2)cc1.